The first-order valence-corrected chi connectivity index (χ1v) is 8.51. The Balaban J connectivity index is 2.19. The van der Waals surface area contributed by atoms with Crippen molar-refractivity contribution in [1.82, 2.24) is 14.5 Å². The topological polar surface area (TPSA) is 38.1 Å². The van der Waals surface area contributed by atoms with Crippen LogP contribution in [-0.2, 0) is 17.9 Å². The van der Waals surface area contributed by atoms with Crippen LogP contribution in [0.25, 0.3) is 0 Å². The van der Waals surface area contributed by atoms with E-state index >= 15 is 0 Å². The van der Waals surface area contributed by atoms with Gasteiger partial charge in [-0.3, -0.25) is 4.79 Å². The third-order valence-corrected chi connectivity index (χ3v) is 4.23. The number of carbonyl (C=O) groups is 1. The van der Waals surface area contributed by atoms with Gasteiger partial charge in [0.05, 0.1) is 13.1 Å². The quantitative estimate of drug-likeness (QED) is 0.681. The SMILES string of the molecule is C=CCN(Cc1nccn1Cc1ccc(Cl)cc1Cl)C(=O)C(C)C. The van der Waals surface area contributed by atoms with Crippen molar-refractivity contribution in [2.24, 2.45) is 5.92 Å². The van der Waals surface area contributed by atoms with Gasteiger partial charge in [0, 0.05) is 34.9 Å². The van der Waals surface area contributed by atoms with Gasteiger partial charge in [0.25, 0.3) is 0 Å². The minimum absolute atomic E-state index is 0.0703. The lowest BCUT2D eigenvalue weighted by atomic mass is 10.2. The number of halogens is 2. The summed E-state index contributed by atoms with van der Waals surface area (Å²) in [5.41, 5.74) is 0.950. The molecular formula is C18H21Cl2N3O. The number of hydrogen-bond donors (Lipinski definition) is 0. The van der Waals surface area contributed by atoms with Crippen LogP contribution < -0.4 is 0 Å². The van der Waals surface area contributed by atoms with E-state index in [0.29, 0.717) is 29.7 Å². The molecule has 24 heavy (non-hydrogen) atoms. The maximum Gasteiger partial charge on any atom is 0.225 e. The second kappa shape index (κ2) is 8.36. The van der Waals surface area contributed by atoms with E-state index in [1.807, 2.05) is 36.7 Å². The smallest absolute Gasteiger partial charge is 0.225 e. The second-order valence-corrected chi connectivity index (χ2v) is 6.71. The van der Waals surface area contributed by atoms with Gasteiger partial charge in [0.15, 0.2) is 0 Å². The highest BCUT2D eigenvalue weighted by Gasteiger charge is 2.18. The van der Waals surface area contributed by atoms with Gasteiger partial charge in [-0.25, -0.2) is 4.98 Å². The Labute approximate surface area is 152 Å². The van der Waals surface area contributed by atoms with Crippen LogP contribution in [0.15, 0.2) is 43.2 Å². The highest BCUT2D eigenvalue weighted by Crippen LogP contribution is 2.22. The van der Waals surface area contributed by atoms with Gasteiger partial charge in [0.2, 0.25) is 5.91 Å². The zero-order valence-electron chi connectivity index (χ0n) is 13.9. The second-order valence-electron chi connectivity index (χ2n) is 5.87. The molecule has 6 heteroatoms. The first kappa shape index (κ1) is 18.6. The van der Waals surface area contributed by atoms with Gasteiger partial charge in [-0.1, -0.05) is 49.2 Å². The Kier molecular flexibility index (Phi) is 6.46. The molecule has 0 N–H and O–H groups in total. The van der Waals surface area contributed by atoms with Crippen LogP contribution in [0.3, 0.4) is 0 Å². The number of imidazole rings is 1. The van der Waals surface area contributed by atoms with E-state index in [0.717, 1.165) is 11.4 Å². The lowest BCUT2D eigenvalue weighted by Gasteiger charge is -2.23. The van der Waals surface area contributed by atoms with Gasteiger partial charge in [-0.15, -0.1) is 6.58 Å². The molecule has 0 spiro atoms. The van der Waals surface area contributed by atoms with Crippen molar-refractivity contribution in [2.45, 2.75) is 26.9 Å². The summed E-state index contributed by atoms with van der Waals surface area (Å²) in [6.07, 6.45) is 5.33. The van der Waals surface area contributed by atoms with E-state index in [1.54, 1.807) is 23.2 Å². The summed E-state index contributed by atoms with van der Waals surface area (Å²) in [5, 5.41) is 1.22. The fourth-order valence-electron chi connectivity index (χ4n) is 2.39. The summed E-state index contributed by atoms with van der Waals surface area (Å²) in [7, 11) is 0. The largest absolute Gasteiger partial charge is 0.331 e. The van der Waals surface area contributed by atoms with Crippen molar-refractivity contribution in [3.8, 4) is 0 Å². The Morgan fingerprint density at radius 2 is 2.17 bits per heavy atom. The molecule has 0 bridgehead atoms. The molecule has 2 rings (SSSR count). The molecule has 1 aromatic carbocycles. The van der Waals surface area contributed by atoms with E-state index in [2.05, 4.69) is 11.6 Å². The van der Waals surface area contributed by atoms with Gasteiger partial charge in [-0.05, 0) is 17.7 Å². The van der Waals surface area contributed by atoms with Crippen molar-refractivity contribution in [1.29, 1.82) is 0 Å². The van der Waals surface area contributed by atoms with E-state index in [-0.39, 0.29) is 11.8 Å². The normalized spacial score (nSPS) is 10.9. The summed E-state index contributed by atoms with van der Waals surface area (Å²) in [4.78, 5) is 18.5. The van der Waals surface area contributed by atoms with Gasteiger partial charge in [-0.2, -0.15) is 0 Å². The van der Waals surface area contributed by atoms with Gasteiger partial charge >= 0.3 is 0 Å². The molecule has 2 aromatic rings. The summed E-state index contributed by atoms with van der Waals surface area (Å²) in [5.74, 6) is 0.810. The lowest BCUT2D eigenvalue weighted by Crippen LogP contribution is -2.34. The highest BCUT2D eigenvalue weighted by molar-refractivity contribution is 6.35. The standard InChI is InChI=1S/C18H21Cl2N3O/c1-4-8-23(18(24)13(2)3)12-17-21-7-9-22(17)11-14-5-6-15(19)10-16(14)20/h4-7,9-10,13H,1,8,11-12H2,2-3H3. The zero-order valence-corrected chi connectivity index (χ0v) is 15.4. The summed E-state index contributed by atoms with van der Waals surface area (Å²) in [6, 6.07) is 5.43. The average Bonchev–Trinajstić information content (AvgIpc) is 2.96. The third-order valence-electron chi connectivity index (χ3n) is 3.64. The molecule has 1 amide bonds. The lowest BCUT2D eigenvalue weighted by molar-refractivity contribution is -0.134. The Morgan fingerprint density at radius 1 is 1.42 bits per heavy atom. The number of rotatable bonds is 7. The first-order chi connectivity index (χ1) is 11.4. The molecule has 0 unspecified atom stereocenters. The summed E-state index contributed by atoms with van der Waals surface area (Å²) < 4.78 is 1.98. The molecule has 0 aliphatic heterocycles. The van der Waals surface area contributed by atoms with Crippen LogP contribution in [0.2, 0.25) is 10.0 Å². The molecule has 0 aliphatic rings. The van der Waals surface area contributed by atoms with Crippen molar-refractivity contribution >= 4 is 29.1 Å². The maximum atomic E-state index is 12.3. The van der Waals surface area contributed by atoms with Crippen LogP contribution in [0.4, 0.5) is 0 Å². The minimum Gasteiger partial charge on any atom is -0.331 e. The van der Waals surface area contributed by atoms with E-state index in [4.69, 9.17) is 23.2 Å². The number of hydrogen-bond acceptors (Lipinski definition) is 2. The summed E-state index contributed by atoms with van der Waals surface area (Å²) >= 11 is 12.2. The van der Waals surface area contributed by atoms with Crippen molar-refractivity contribution in [2.75, 3.05) is 6.54 Å². The van der Waals surface area contributed by atoms with Crippen molar-refractivity contribution in [3.63, 3.8) is 0 Å². The van der Waals surface area contributed by atoms with E-state index < -0.39 is 0 Å². The number of aromatic nitrogens is 2. The van der Waals surface area contributed by atoms with Gasteiger partial charge in [0.1, 0.15) is 5.82 Å². The van der Waals surface area contributed by atoms with Crippen LogP contribution in [0.1, 0.15) is 25.2 Å². The molecule has 4 nitrogen and oxygen atoms in total. The average molecular weight is 366 g/mol. The fraction of sp³-hybridized carbons (Fsp3) is 0.333. The third kappa shape index (κ3) is 4.62. The molecule has 1 heterocycles. The number of nitrogens with zero attached hydrogens (tertiary/aromatic N) is 3. The Hall–Kier alpha value is -1.78. The number of benzene rings is 1. The predicted molar refractivity (Wildman–Crippen MR) is 98.2 cm³/mol. The van der Waals surface area contributed by atoms with Crippen LogP contribution in [0.5, 0.6) is 0 Å². The molecule has 0 saturated carbocycles. The first-order valence-electron chi connectivity index (χ1n) is 7.76. The van der Waals surface area contributed by atoms with E-state index in [1.165, 1.54) is 0 Å². The van der Waals surface area contributed by atoms with Gasteiger partial charge < -0.3 is 9.47 Å². The molecule has 128 valence electrons. The fourth-order valence-corrected chi connectivity index (χ4v) is 2.86. The monoisotopic (exact) mass is 365 g/mol. The highest BCUT2D eigenvalue weighted by atomic mass is 35.5. The van der Waals surface area contributed by atoms with Crippen molar-refractivity contribution < 1.29 is 4.79 Å². The Bertz CT molecular complexity index is 725. The van der Waals surface area contributed by atoms with Crippen LogP contribution in [0, 0.1) is 5.92 Å². The molecule has 0 atom stereocenters. The molecule has 0 saturated heterocycles. The molecular weight excluding hydrogens is 345 g/mol. The molecule has 0 fully saturated rings. The molecule has 0 aliphatic carbocycles. The summed E-state index contributed by atoms with van der Waals surface area (Å²) in [6.45, 7) is 9.00. The number of carbonyl (C=O) groups excluding carboxylic acids is 1. The predicted octanol–water partition coefficient (Wildman–Crippen LogP) is 4.41. The van der Waals surface area contributed by atoms with Crippen LogP contribution in [-0.4, -0.2) is 26.9 Å². The van der Waals surface area contributed by atoms with E-state index in [9.17, 15) is 4.79 Å². The van der Waals surface area contributed by atoms with Crippen LogP contribution >= 0.6 is 23.2 Å². The zero-order chi connectivity index (χ0) is 17.7. The Morgan fingerprint density at radius 3 is 2.79 bits per heavy atom. The number of amides is 1. The molecule has 1 aromatic heterocycles. The minimum atomic E-state index is -0.0703. The van der Waals surface area contributed by atoms with Crippen molar-refractivity contribution in [3.05, 3.63) is 64.7 Å². The maximum absolute atomic E-state index is 12.3. The molecule has 0 radical (unpaired) electrons.